The van der Waals surface area contributed by atoms with Gasteiger partial charge in [0.15, 0.2) is 9.84 Å². The lowest BCUT2D eigenvalue weighted by Crippen LogP contribution is -2.42. The third-order valence-electron chi connectivity index (χ3n) is 3.18. The third-order valence-corrected chi connectivity index (χ3v) is 4.89. The molecule has 1 saturated heterocycles. The molecule has 1 fully saturated rings. The van der Waals surface area contributed by atoms with Crippen molar-refractivity contribution in [2.24, 2.45) is 0 Å². The van der Waals surface area contributed by atoms with Crippen molar-refractivity contribution >= 4 is 15.7 Å². The van der Waals surface area contributed by atoms with Gasteiger partial charge in [0.25, 0.3) is 5.91 Å². The van der Waals surface area contributed by atoms with Gasteiger partial charge in [-0.2, -0.15) is 0 Å². The molecule has 0 aromatic heterocycles. The van der Waals surface area contributed by atoms with E-state index in [1.54, 1.807) is 24.3 Å². The first kappa shape index (κ1) is 15.0. The zero-order valence-electron chi connectivity index (χ0n) is 11.0. The lowest BCUT2D eigenvalue weighted by atomic mass is 10.2. The minimum absolute atomic E-state index is 0.0548. The van der Waals surface area contributed by atoms with Crippen LogP contribution in [0.15, 0.2) is 30.3 Å². The standard InChI is InChI=1S/C13H18N2O4S/c16-12-9-20(18,19)8-11(12)14-6-7-15-13(17)10-4-2-1-3-5-10/h1-5,11-12,14,16H,6-9H2,(H,15,17). The van der Waals surface area contributed by atoms with Crippen LogP contribution in [-0.2, 0) is 9.84 Å². The van der Waals surface area contributed by atoms with E-state index in [0.717, 1.165) is 0 Å². The van der Waals surface area contributed by atoms with E-state index in [0.29, 0.717) is 18.7 Å². The molecule has 1 heterocycles. The first-order chi connectivity index (χ1) is 9.48. The number of rotatable bonds is 5. The lowest BCUT2D eigenvalue weighted by molar-refractivity contribution is 0.0953. The lowest BCUT2D eigenvalue weighted by Gasteiger charge is -2.14. The molecule has 7 heteroatoms. The maximum absolute atomic E-state index is 11.7. The van der Waals surface area contributed by atoms with Gasteiger partial charge in [0.1, 0.15) is 0 Å². The van der Waals surface area contributed by atoms with Crippen LogP contribution in [0.1, 0.15) is 10.4 Å². The smallest absolute Gasteiger partial charge is 0.251 e. The largest absolute Gasteiger partial charge is 0.390 e. The van der Waals surface area contributed by atoms with Gasteiger partial charge in [-0.3, -0.25) is 4.79 Å². The van der Waals surface area contributed by atoms with E-state index >= 15 is 0 Å². The number of carbonyl (C=O) groups is 1. The fourth-order valence-corrected chi connectivity index (χ4v) is 3.93. The second-order valence-electron chi connectivity index (χ2n) is 4.83. The van der Waals surface area contributed by atoms with E-state index < -0.39 is 22.0 Å². The SMILES string of the molecule is O=C(NCCNC1CS(=O)(=O)CC1O)c1ccccc1. The Morgan fingerprint density at radius 2 is 1.90 bits per heavy atom. The molecule has 20 heavy (non-hydrogen) atoms. The summed E-state index contributed by atoms with van der Waals surface area (Å²) in [5.74, 6) is -0.422. The van der Waals surface area contributed by atoms with Crippen LogP contribution in [0, 0.1) is 0 Å². The molecule has 2 rings (SSSR count). The van der Waals surface area contributed by atoms with E-state index in [9.17, 15) is 18.3 Å². The molecule has 1 aromatic rings. The summed E-state index contributed by atoms with van der Waals surface area (Å²) in [6.07, 6.45) is -0.871. The molecular formula is C13H18N2O4S. The first-order valence-corrected chi connectivity index (χ1v) is 8.25. The Labute approximate surface area is 118 Å². The summed E-state index contributed by atoms with van der Waals surface area (Å²) in [6.45, 7) is 0.785. The molecule has 1 amide bonds. The molecule has 0 spiro atoms. The molecule has 110 valence electrons. The molecule has 0 bridgehead atoms. The Kier molecular flexibility index (Phi) is 4.74. The third kappa shape index (κ3) is 4.03. The summed E-state index contributed by atoms with van der Waals surface area (Å²) in [7, 11) is -3.14. The summed E-state index contributed by atoms with van der Waals surface area (Å²) < 4.78 is 22.6. The van der Waals surface area contributed by atoms with E-state index in [1.807, 2.05) is 6.07 Å². The highest BCUT2D eigenvalue weighted by Crippen LogP contribution is 2.11. The second kappa shape index (κ2) is 6.34. The van der Waals surface area contributed by atoms with Gasteiger partial charge in [0.05, 0.1) is 17.6 Å². The normalized spacial score (nSPS) is 24.4. The fraction of sp³-hybridized carbons (Fsp3) is 0.462. The predicted molar refractivity (Wildman–Crippen MR) is 75.2 cm³/mol. The van der Waals surface area contributed by atoms with Crippen molar-refractivity contribution in [1.82, 2.24) is 10.6 Å². The summed E-state index contributed by atoms with van der Waals surface area (Å²) in [6, 6.07) is 8.39. The van der Waals surface area contributed by atoms with E-state index in [1.165, 1.54) is 0 Å². The summed E-state index contributed by atoms with van der Waals surface area (Å²) in [5.41, 5.74) is 0.580. The summed E-state index contributed by atoms with van der Waals surface area (Å²) >= 11 is 0. The van der Waals surface area contributed by atoms with Crippen LogP contribution in [0.2, 0.25) is 0 Å². The van der Waals surface area contributed by atoms with Crippen molar-refractivity contribution in [2.45, 2.75) is 12.1 Å². The molecule has 6 nitrogen and oxygen atoms in total. The minimum Gasteiger partial charge on any atom is -0.390 e. The van der Waals surface area contributed by atoms with Crippen molar-refractivity contribution in [3.63, 3.8) is 0 Å². The van der Waals surface area contributed by atoms with Gasteiger partial charge in [0.2, 0.25) is 0 Å². The van der Waals surface area contributed by atoms with Gasteiger partial charge in [-0.15, -0.1) is 0 Å². The predicted octanol–water partition coefficient (Wildman–Crippen LogP) is -0.836. The number of amides is 1. The molecule has 0 saturated carbocycles. The maximum atomic E-state index is 11.7. The van der Waals surface area contributed by atoms with Gasteiger partial charge in [0, 0.05) is 24.7 Å². The average Bonchev–Trinajstić information content (AvgIpc) is 2.68. The second-order valence-corrected chi connectivity index (χ2v) is 6.98. The van der Waals surface area contributed by atoms with Crippen molar-refractivity contribution in [1.29, 1.82) is 0 Å². The highest BCUT2D eigenvalue weighted by molar-refractivity contribution is 7.91. The molecule has 2 unspecified atom stereocenters. The zero-order valence-corrected chi connectivity index (χ0v) is 11.8. The summed E-state index contributed by atoms with van der Waals surface area (Å²) in [4.78, 5) is 11.7. The van der Waals surface area contributed by atoms with Gasteiger partial charge >= 0.3 is 0 Å². The average molecular weight is 298 g/mol. The zero-order chi connectivity index (χ0) is 14.6. The van der Waals surface area contributed by atoms with E-state index in [2.05, 4.69) is 10.6 Å². The first-order valence-electron chi connectivity index (χ1n) is 6.43. The monoisotopic (exact) mass is 298 g/mol. The van der Waals surface area contributed by atoms with Crippen LogP contribution in [-0.4, -0.2) is 56.2 Å². The van der Waals surface area contributed by atoms with Gasteiger partial charge in [-0.25, -0.2) is 8.42 Å². The number of benzene rings is 1. The summed E-state index contributed by atoms with van der Waals surface area (Å²) in [5, 5.41) is 15.3. The van der Waals surface area contributed by atoms with Crippen LogP contribution >= 0.6 is 0 Å². The van der Waals surface area contributed by atoms with Crippen LogP contribution in [0.4, 0.5) is 0 Å². The van der Waals surface area contributed by atoms with Crippen LogP contribution in [0.5, 0.6) is 0 Å². The highest BCUT2D eigenvalue weighted by Gasteiger charge is 2.35. The molecule has 1 aliphatic rings. The Bertz CT molecular complexity index is 559. The molecule has 0 radical (unpaired) electrons. The quantitative estimate of drug-likeness (QED) is 0.616. The van der Waals surface area contributed by atoms with Crippen molar-refractivity contribution < 1.29 is 18.3 Å². The van der Waals surface area contributed by atoms with Gasteiger partial charge < -0.3 is 15.7 Å². The molecule has 1 aromatic carbocycles. The molecule has 2 atom stereocenters. The van der Waals surface area contributed by atoms with Crippen LogP contribution < -0.4 is 10.6 Å². The molecule has 3 N–H and O–H groups in total. The number of aliphatic hydroxyl groups is 1. The number of hydrogen-bond donors (Lipinski definition) is 3. The Balaban J connectivity index is 1.71. The van der Waals surface area contributed by atoms with E-state index in [4.69, 9.17) is 0 Å². The van der Waals surface area contributed by atoms with Gasteiger partial charge in [-0.1, -0.05) is 18.2 Å². The molecule has 0 aliphatic carbocycles. The number of nitrogens with one attached hydrogen (secondary N) is 2. The Morgan fingerprint density at radius 1 is 1.20 bits per heavy atom. The van der Waals surface area contributed by atoms with Crippen LogP contribution in [0.25, 0.3) is 0 Å². The number of sulfone groups is 1. The fourth-order valence-electron chi connectivity index (χ4n) is 2.15. The highest BCUT2D eigenvalue weighted by atomic mass is 32.2. The number of aliphatic hydroxyl groups excluding tert-OH is 1. The van der Waals surface area contributed by atoms with Crippen molar-refractivity contribution in [3.8, 4) is 0 Å². The Morgan fingerprint density at radius 3 is 2.50 bits per heavy atom. The van der Waals surface area contributed by atoms with Crippen LogP contribution in [0.3, 0.4) is 0 Å². The van der Waals surface area contributed by atoms with E-state index in [-0.39, 0.29) is 17.4 Å². The Hall–Kier alpha value is -1.44. The van der Waals surface area contributed by atoms with Gasteiger partial charge in [-0.05, 0) is 12.1 Å². The maximum Gasteiger partial charge on any atom is 0.251 e. The minimum atomic E-state index is -3.14. The number of hydrogen-bond acceptors (Lipinski definition) is 5. The van der Waals surface area contributed by atoms with Crippen molar-refractivity contribution in [3.05, 3.63) is 35.9 Å². The molecule has 1 aliphatic heterocycles. The van der Waals surface area contributed by atoms with Crippen molar-refractivity contribution in [2.75, 3.05) is 24.6 Å². The molecular weight excluding hydrogens is 280 g/mol. The topological polar surface area (TPSA) is 95.5 Å². The number of carbonyl (C=O) groups excluding carboxylic acids is 1.